The van der Waals surface area contributed by atoms with Crippen molar-refractivity contribution in [2.45, 2.75) is 53.0 Å². The van der Waals surface area contributed by atoms with Crippen molar-refractivity contribution in [2.24, 2.45) is 5.92 Å². The Morgan fingerprint density at radius 2 is 1.93 bits per heavy atom. The Morgan fingerprint density at radius 3 is 2.43 bits per heavy atom. The zero-order valence-corrected chi connectivity index (χ0v) is 10.3. The lowest BCUT2D eigenvalue weighted by molar-refractivity contribution is 0.137. The highest BCUT2D eigenvalue weighted by Gasteiger charge is 2.13. The molecule has 86 valence electrons. The zero-order chi connectivity index (χ0) is 10.8. The van der Waals surface area contributed by atoms with Crippen LogP contribution in [0.1, 0.15) is 47.0 Å². The minimum Gasteiger partial charge on any atom is -0.382 e. The first-order valence-electron chi connectivity index (χ1n) is 6.07. The average molecular weight is 201 g/mol. The van der Waals surface area contributed by atoms with E-state index in [1.54, 1.807) is 0 Å². The molecule has 0 saturated heterocycles. The van der Waals surface area contributed by atoms with Crippen molar-refractivity contribution in [3.63, 3.8) is 0 Å². The Bertz CT molecular complexity index is 117. The Labute approximate surface area is 89.4 Å². The van der Waals surface area contributed by atoms with Crippen molar-refractivity contribution in [3.05, 3.63) is 0 Å². The summed E-state index contributed by atoms with van der Waals surface area (Å²) in [6.45, 7) is 11.6. The SMILES string of the molecule is CCNC(C)C(CC)CCCOCC. The molecule has 2 atom stereocenters. The number of nitrogens with one attached hydrogen (secondary N) is 1. The van der Waals surface area contributed by atoms with Crippen LogP contribution >= 0.6 is 0 Å². The normalized spacial score (nSPS) is 15.4. The molecule has 0 aliphatic rings. The Morgan fingerprint density at radius 1 is 1.21 bits per heavy atom. The van der Waals surface area contributed by atoms with Crippen LogP contribution in [0, 0.1) is 5.92 Å². The Kier molecular flexibility index (Phi) is 9.42. The van der Waals surface area contributed by atoms with Crippen LogP contribution in [0.4, 0.5) is 0 Å². The lowest BCUT2D eigenvalue weighted by Gasteiger charge is -2.23. The summed E-state index contributed by atoms with van der Waals surface area (Å²) in [7, 11) is 0. The van der Waals surface area contributed by atoms with Gasteiger partial charge in [0.25, 0.3) is 0 Å². The lowest BCUT2D eigenvalue weighted by Crippen LogP contribution is -2.33. The van der Waals surface area contributed by atoms with Crippen LogP contribution in [0.15, 0.2) is 0 Å². The maximum Gasteiger partial charge on any atom is 0.0466 e. The van der Waals surface area contributed by atoms with Crippen molar-refractivity contribution in [1.29, 1.82) is 0 Å². The van der Waals surface area contributed by atoms with Gasteiger partial charge in [-0.3, -0.25) is 0 Å². The van der Waals surface area contributed by atoms with E-state index in [-0.39, 0.29) is 0 Å². The monoisotopic (exact) mass is 201 g/mol. The summed E-state index contributed by atoms with van der Waals surface area (Å²) in [5.74, 6) is 0.801. The molecule has 0 spiro atoms. The predicted molar refractivity (Wildman–Crippen MR) is 62.6 cm³/mol. The molecule has 0 saturated carbocycles. The molecule has 2 nitrogen and oxygen atoms in total. The quantitative estimate of drug-likeness (QED) is 0.579. The molecule has 0 rings (SSSR count). The van der Waals surface area contributed by atoms with E-state index in [0.717, 1.165) is 25.7 Å². The van der Waals surface area contributed by atoms with Gasteiger partial charge < -0.3 is 10.1 Å². The molecular formula is C12H27NO. The molecular weight excluding hydrogens is 174 g/mol. The van der Waals surface area contributed by atoms with Crippen LogP contribution in [0.25, 0.3) is 0 Å². The van der Waals surface area contributed by atoms with Crippen molar-refractivity contribution in [2.75, 3.05) is 19.8 Å². The number of hydrogen-bond acceptors (Lipinski definition) is 2. The Hall–Kier alpha value is -0.0800. The van der Waals surface area contributed by atoms with Crippen LogP contribution in [0.2, 0.25) is 0 Å². The zero-order valence-electron chi connectivity index (χ0n) is 10.3. The van der Waals surface area contributed by atoms with Gasteiger partial charge in [-0.25, -0.2) is 0 Å². The molecule has 0 fully saturated rings. The van der Waals surface area contributed by atoms with Gasteiger partial charge in [0.15, 0.2) is 0 Å². The summed E-state index contributed by atoms with van der Waals surface area (Å²) in [4.78, 5) is 0. The fourth-order valence-corrected chi connectivity index (χ4v) is 1.89. The minimum absolute atomic E-state index is 0.645. The van der Waals surface area contributed by atoms with Crippen molar-refractivity contribution in [1.82, 2.24) is 5.32 Å². The molecule has 1 N–H and O–H groups in total. The molecule has 2 unspecified atom stereocenters. The van der Waals surface area contributed by atoms with Gasteiger partial charge in [0, 0.05) is 19.3 Å². The fraction of sp³-hybridized carbons (Fsp3) is 1.00. The molecule has 0 amide bonds. The van der Waals surface area contributed by atoms with Crippen LogP contribution in [-0.2, 0) is 4.74 Å². The summed E-state index contributed by atoms with van der Waals surface area (Å²) in [6.07, 6.45) is 3.74. The van der Waals surface area contributed by atoms with Crippen LogP contribution < -0.4 is 5.32 Å². The van der Waals surface area contributed by atoms with E-state index in [9.17, 15) is 0 Å². The van der Waals surface area contributed by atoms with E-state index < -0.39 is 0 Å². The second-order valence-corrected chi connectivity index (χ2v) is 3.85. The van der Waals surface area contributed by atoms with Gasteiger partial charge in [-0.2, -0.15) is 0 Å². The van der Waals surface area contributed by atoms with Gasteiger partial charge in [-0.05, 0) is 39.2 Å². The van der Waals surface area contributed by atoms with Gasteiger partial charge in [0.05, 0.1) is 0 Å². The maximum absolute atomic E-state index is 5.35. The standard InChI is InChI=1S/C12H27NO/c1-5-12(11(4)13-6-2)9-8-10-14-7-3/h11-13H,5-10H2,1-4H3. The third kappa shape index (κ3) is 6.39. The summed E-state index contributed by atoms with van der Waals surface area (Å²) < 4.78 is 5.35. The minimum atomic E-state index is 0.645. The number of ether oxygens (including phenoxy) is 1. The molecule has 14 heavy (non-hydrogen) atoms. The molecule has 2 heteroatoms. The number of rotatable bonds is 9. The summed E-state index contributed by atoms with van der Waals surface area (Å²) >= 11 is 0. The van der Waals surface area contributed by atoms with E-state index in [4.69, 9.17) is 4.74 Å². The second kappa shape index (κ2) is 9.47. The first-order chi connectivity index (χ1) is 6.76. The van der Waals surface area contributed by atoms with Crippen molar-refractivity contribution >= 4 is 0 Å². The highest BCUT2D eigenvalue weighted by molar-refractivity contribution is 4.70. The first-order valence-corrected chi connectivity index (χ1v) is 6.07. The molecule has 0 aliphatic carbocycles. The van der Waals surface area contributed by atoms with E-state index >= 15 is 0 Å². The van der Waals surface area contributed by atoms with Crippen LogP contribution in [0.3, 0.4) is 0 Å². The topological polar surface area (TPSA) is 21.3 Å². The summed E-state index contributed by atoms with van der Waals surface area (Å²) in [5.41, 5.74) is 0. The third-order valence-corrected chi connectivity index (χ3v) is 2.83. The van der Waals surface area contributed by atoms with E-state index in [2.05, 4.69) is 33.0 Å². The van der Waals surface area contributed by atoms with E-state index in [1.165, 1.54) is 19.3 Å². The summed E-state index contributed by atoms with van der Waals surface area (Å²) in [6, 6.07) is 0.645. The highest BCUT2D eigenvalue weighted by Crippen LogP contribution is 2.15. The average Bonchev–Trinajstić information content (AvgIpc) is 2.18. The fourth-order valence-electron chi connectivity index (χ4n) is 1.89. The van der Waals surface area contributed by atoms with E-state index in [0.29, 0.717) is 6.04 Å². The smallest absolute Gasteiger partial charge is 0.0466 e. The van der Waals surface area contributed by atoms with Gasteiger partial charge in [-0.15, -0.1) is 0 Å². The molecule has 0 bridgehead atoms. The molecule has 0 radical (unpaired) electrons. The highest BCUT2D eigenvalue weighted by atomic mass is 16.5. The van der Waals surface area contributed by atoms with Gasteiger partial charge in [0.2, 0.25) is 0 Å². The molecule has 0 aliphatic heterocycles. The third-order valence-electron chi connectivity index (χ3n) is 2.83. The van der Waals surface area contributed by atoms with E-state index in [1.807, 2.05) is 0 Å². The molecule has 0 aromatic rings. The molecule has 0 aromatic heterocycles. The predicted octanol–water partition coefficient (Wildman–Crippen LogP) is 2.83. The van der Waals surface area contributed by atoms with Crippen molar-refractivity contribution in [3.8, 4) is 0 Å². The van der Waals surface area contributed by atoms with Crippen molar-refractivity contribution < 1.29 is 4.74 Å². The molecule has 0 aromatic carbocycles. The van der Waals surface area contributed by atoms with Gasteiger partial charge in [-0.1, -0.05) is 20.3 Å². The summed E-state index contributed by atoms with van der Waals surface area (Å²) in [5, 5.41) is 3.50. The maximum atomic E-state index is 5.35. The molecule has 0 heterocycles. The largest absolute Gasteiger partial charge is 0.382 e. The van der Waals surface area contributed by atoms with Gasteiger partial charge >= 0.3 is 0 Å². The van der Waals surface area contributed by atoms with Crippen LogP contribution in [0.5, 0.6) is 0 Å². The number of hydrogen-bond donors (Lipinski definition) is 1. The lowest BCUT2D eigenvalue weighted by atomic mass is 9.93. The first kappa shape index (κ1) is 13.9. The van der Waals surface area contributed by atoms with Gasteiger partial charge in [0.1, 0.15) is 0 Å². The second-order valence-electron chi connectivity index (χ2n) is 3.85. The van der Waals surface area contributed by atoms with Crippen LogP contribution in [-0.4, -0.2) is 25.8 Å². The Balaban J connectivity index is 3.56.